The van der Waals surface area contributed by atoms with Crippen LogP contribution in [-0.4, -0.2) is 118 Å². The normalized spacial score (nSPS) is 19.0. The minimum atomic E-state index is -1.66. The first-order chi connectivity index (χ1) is 31.6. The highest BCUT2D eigenvalue weighted by atomic mass is 32.2. The van der Waals surface area contributed by atoms with E-state index in [0.717, 1.165) is 54.7 Å². The van der Waals surface area contributed by atoms with E-state index in [0.29, 0.717) is 31.5 Å². The molecule has 9 atom stereocenters. The number of aliphatic hydroxyl groups excluding tert-OH is 7. The molecule has 378 valence electrons. The molecular formula is C54H93N3O8S. The molecule has 12 heteroatoms. The van der Waals surface area contributed by atoms with Gasteiger partial charge in [-0.1, -0.05) is 130 Å². The van der Waals surface area contributed by atoms with Crippen molar-refractivity contribution in [2.75, 3.05) is 49.8 Å². The molecule has 1 aliphatic heterocycles. The second-order valence-corrected chi connectivity index (χ2v) is 18.4. The number of fused-ring (bicyclic) bond motifs is 1. The van der Waals surface area contributed by atoms with E-state index in [-0.39, 0.29) is 35.8 Å². The number of thioether (sulfide) groups is 1. The zero-order valence-electron chi connectivity index (χ0n) is 42.8. The van der Waals surface area contributed by atoms with Crippen LogP contribution < -0.4 is 15.5 Å². The van der Waals surface area contributed by atoms with E-state index >= 15 is 0 Å². The van der Waals surface area contributed by atoms with Crippen molar-refractivity contribution in [2.45, 2.75) is 187 Å². The van der Waals surface area contributed by atoms with Crippen molar-refractivity contribution >= 4 is 29.0 Å². The number of hydrogen-bond acceptors (Lipinski definition) is 11. The van der Waals surface area contributed by atoms with Crippen LogP contribution in [0.4, 0.5) is 11.4 Å². The molecule has 1 aliphatic rings. The number of amides is 1. The molecule has 1 heterocycles. The first-order valence-corrected chi connectivity index (χ1v) is 25.8. The number of benzene rings is 3. The Morgan fingerprint density at radius 1 is 0.818 bits per heavy atom. The fourth-order valence-corrected chi connectivity index (χ4v) is 9.16. The van der Waals surface area contributed by atoms with Crippen LogP contribution in [0.25, 0.3) is 0 Å². The Kier molecular flexibility index (Phi) is 34.4. The van der Waals surface area contributed by atoms with Crippen LogP contribution in [0.1, 0.15) is 162 Å². The van der Waals surface area contributed by atoms with Gasteiger partial charge >= 0.3 is 0 Å². The Morgan fingerprint density at radius 3 is 1.98 bits per heavy atom. The van der Waals surface area contributed by atoms with Gasteiger partial charge in [-0.2, -0.15) is 0 Å². The molecule has 66 heavy (non-hydrogen) atoms. The summed E-state index contributed by atoms with van der Waals surface area (Å²) in [5.41, 5.74) is 4.85. The molecule has 0 fully saturated rings. The second-order valence-electron chi connectivity index (χ2n) is 17.4. The summed E-state index contributed by atoms with van der Waals surface area (Å²) in [5.74, 6) is 0.777. The summed E-state index contributed by atoms with van der Waals surface area (Å²) in [6.07, 6.45) is 2.03. The molecule has 0 radical (unpaired) electrons. The third kappa shape index (κ3) is 21.5. The van der Waals surface area contributed by atoms with Crippen molar-refractivity contribution in [3.63, 3.8) is 0 Å². The maximum Gasteiger partial charge on any atom is 0.224 e. The van der Waals surface area contributed by atoms with Crippen LogP contribution >= 0.6 is 11.8 Å². The van der Waals surface area contributed by atoms with Gasteiger partial charge in [0.1, 0.15) is 18.3 Å². The highest BCUT2D eigenvalue weighted by molar-refractivity contribution is 7.99. The Morgan fingerprint density at radius 2 is 1.44 bits per heavy atom. The molecule has 4 rings (SSSR count). The van der Waals surface area contributed by atoms with Crippen molar-refractivity contribution in [2.24, 2.45) is 5.41 Å². The number of aliphatic hydroxyl groups is 7. The Hall–Kier alpha value is -3.04. The molecule has 0 aromatic heterocycles. The van der Waals surface area contributed by atoms with Gasteiger partial charge in [0.2, 0.25) is 5.91 Å². The van der Waals surface area contributed by atoms with Crippen molar-refractivity contribution in [1.82, 2.24) is 5.32 Å². The second kappa shape index (κ2) is 36.0. The third-order valence-electron chi connectivity index (χ3n) is 11.5. The fraction of sp³-hybridized carbons (Fsp3) is 0.648. The molecule has 3 unspecified atom stereocenters. The van der Waals surface area contributed by atoms with Crippen molar-refractivity contribution in [1.29, 1.82) is 0 Å². The van der Waals surface area contributed by atoms with Gasteiger partial charge in [-0.05, 0) is 92.6 Å². The monoisotopic (exact) mass is 944 g/mol. The lowest BCUT2D eigenvalue weighted by Gasteiger charge is -2.40. The van der Waals surface area contributed by atoms with Gasteiger partial charge in [-0.15, -0.1) is 11.8 Å². The summed E-state index contributed by atoms with van der Waals surface area (Å²) in [5, 5.41) is 75.7. The number of unbranched alkanes of at least 4 members (excludes halogenated alkanes) is 2. The van der Waals surface area contributed by atoms with Crippen LogP contribution in [0.15, 0.2) is 77.7 Å². The van der Waals surface area contributed by atoms with Crippen LogP contribution in [0.2, 0.25) is 0 Å². The van der Waals surface area contributed by atoms with Crippen LogP contribution in [0, 0.1) is 5.41 Å². The summed E-state index contributed by atoms with van der Waals surface area (Å²) in [6, 6.07) is 24.5. The molecule has 0 aliphatic carbocycles. The first-order valence-electron chi connectivity index (χ1n) is 24.8. The zero-order valence-corrected chi connectivity index (χ0v) is 43.7. The molecule has 0 saturated heterocycles. The maximum absolute atomic E-state index is 12.9. The molecule has 11 nitrogen and oxygen atoms in total. The van der Waals surface area contributed by atoms with Crippen molar-refractivity contribution < 1.29 is 40.5 Å². The van der Waals surface area contributed by atoms with Gasteiger partial charge in [0.25, 0.3) is 0 Å². The van der Waals surface area contributed by atoms with E-state index in [1.807, 2.05) is 89.1 Å². The molecule has 0 bridgehead atoms. The predicted molar refractivity (Wildman–Crippen MR) is 279 cm³/mol. The number of carbonyl (C=O) groups excluding carboxylic acids is 1. The van der Waals surface area contributed by atoms with E-state index in [1.165, 1.54) is 23.3 Å². The average Bonchev–Trinajstić information content (AvgIpc) is 3.43. The standard InChI is InChI=1S/C35H55N3O7S.C11H16O.2C3H8.C2H6/c1-5-7-16-35(6-2)22-46-29-15-14-25(38(3)4)19-26(29)31(34(35)45)23-11-10-12-24(18-23)37-30(42)13-8-9-17-36-20-27(40)32(43)33(44)28(41)21-39;1-3-11(9(2)12)10-7-5-4-6-8-10;2*1-3-2;1-2/h10-12,14-15,18-19,27-28,31-34,36,39-41,43-45H,5-9,13,16-17,20-22H2,1-4H3,(H,37,42);4-9,11-12H,3H2,1-2H3;2*3H2,1-2H3;1-2H3/t27-,28?,31?,32+,33+,34?,35-;9-,11+;;;/m00.../s1. The molecule has 1 amide bonds. The van der Waals surface area contributed by atoms with E-state index in [4.69, 9.17) is 5.11 Å². The molecule has 9 N–H and O–H groups in total. The smallest absolute Gasteiger partial charge is 0.224 e. The Balaban J connectivity index is 0.00000176. The molecule has 0 spiro atoms. The highest BCUT2D eigenvalue weighted by Gasteiger charge is 2.44. The van der Waals surface area contributed by atoms with E-state index in [9.17, 15) is 35.4 Å². The van der Waals surface area contributed by atoms with Gasteiger partial charge in [-0.3, -0.25) is 4.79 Å². The minimum Gasteiger partial charge on any atom is -0.394 e. The molecule has 3 aromatic carbocycles. The number of nitrogens with one attached hydrogen (secondary N) is 2. The third-order valence-corrected chi connectivity index (χ3v) is 12.9. The fourth-order valence-electron chi connectivity index (χ4n) is 7.68. The Labute approximate surface area is 404 Å². The van der Waals surface area contributed by atoms with E-state index < -0.39 is 37.1 Å². The summed E-state index contributed by atoms with van der Waals surface area (Å²) < 4.78 is 0. The number of carbonyl (C=O) groups is 1. The lowest BCUT2D eigenvalue weighted by atomic mass is 9.69. The maximum atomic E-state index is 12.9. The molecule has 0 saturated carbocycles. The lowest BCUT2D eigenvalue weighted by Crippen LogP contribution is -2.49. The summed E-state index contributed by atoms with van der Waals surface area (Å²) in [6.45, 7) is 20.6. The summed E-state index contributed by atoms with van der Waals surface area (Å²) in [7, 11) is 4.04. The predicted octanol–water partition coefficient (Wildman–Crippen LogP) is 9.49. The highest BCUT2D eigenvalue weighted by Crippen LogP contribution is 2.51. The van der Waals surface area contributed by atoms with Crippen LogP contribution in [0.5, 0.6) is 0 Å². The topological polar surface area (TPSA) is 186 Å². The number of hydrogen-bond donors (Lipinski definition) is 9. The van der Waals surface area contributed by atoms with Gasteiger partial charge in [0, 0.05) is 66.3 Å². The quantitative estimate of drug-likeness (QED) is 0.0464. The zero-order chi connectivity index (χ0) is 50.2. The summed E-state index contributed by atoms with van der Waals surface area (Å²) >= 11 is 1.84. The molecule has 3 aromatic rings. The van der Waals surface area contributed by atoms with E-state index in [1.54, 1.807) is 0 Å². The SMILES string of the molecule is CC.CCC.CCC.CCCC[C@@]1(CC)CSc2ccc(N(C)C)cc2C(c2cccc(NC(=O)CCCCNC[C@H](O)[C@@H](O)[C@H](O)C(O)CO)c2)C1O.CC[C@@H](c1ccccc1)[C@H](C)O. The van der Waals surface area contributed by atoms with Crippen LogP contribution in [0.3, 0.4) is 0 Å². The van der Waals surface area contributed by atoms with Crippen molar-refractivity contribution in [3.05, 3.63) is 89.5 Å². The summed E-state index contributed by atoms with van der Waals surface area (Å²) in [4.78, 5) is 16.1. The number of nitrogens with zero attached hydrogens (tertiary/aromatic N) is 1. The lowest BCUT2D eigenvalue weighted by molar-refractivity contribution is -0.116. The van der Waals surface area contributed by atoms with Crippen LogP contribution in [-0.2, 0) is 4.79 Å². The average molecular weight is 944 g/mol. The van der Waals surface area contributed by atoms with Gasteiger partial charge in [0.15, 0.2) is 0 Å². The molecular weight excluding hydrogens is 851 g/mol. The van der Waals surface area contributed by atoms with E-state index in [2.05, 4.69) is 94.3 Å². The number of rotatable bonds is 21. The number of anilines is 2. The largest absolute Gasteiger partial charge is 0.394 e. The first kappa shape index (κ1) is 63.0. The Bertz CT molecular complexity index is 1670. The minimum absolute atomic E-state index is 0.0161. The van der Waals surface area contributed by atoms with Gasteiger partial charge in [-0.25, -0.2) is 0 Å². The van der Waals surface area contributed by atoms with Crippen molar-refractivity contribution in [3.8, 4) is 0 Å². The van der Waals surface area contributed by atoms with Gasteiger partial charge in [0.05, 0.1) is 24.9 Å². The van der Waals surface area contributed by atoms with Gasteiger partial charge < -0.3 is 51.3 Å².